The van der Waals surface area contributed by atoms with Gasteiger partial charge < -0.3 is 4.74 Å². The Bertz CT molecular complexity index is 141. The SMILES string of the molecule is FC1CN(CC2CCCOC2)C1. The zero-order chi connectivity index (χ0) is 8.39. The molecule has 12 heavy (non-hydrogen) atoms. The Morgan fingerprint density at radius 3 is 2.83 bits per heavy atom. The second-order valence-corrected chi connectivity index (χ2v) is 3.90. The van der Waals surface area contributed by atoms with Gasteiger partial charge in [-0.15, -0.1) is 0 Å². The normalized spacial score (nSPS) is 33.2. The molecular formula is C9H16FNO. The van der Waals surface area contributed by atoms with E-state index < -0.39 is 6.17 Å². The van der Waals surface area contributed by atoms with Crippen molar-refractivity contribution < 1.29 is 9.13 Å². The van der Waals surface area contributed by atoms with E-state index >= 15 is 0 Å². The minimum absolute atomic E-state index is 0.561. The van der Waals surface area contributed by atoms with Gasteiger partial charge in [0.05, 0.1) is 6.61 Å². The third-order valence-corrected chi connectivity index (χ3v) is 2.68. The molecule has 2 aliphatic rings. The summed E-state index contributed by atoms with van der Waals surface area (Å²) in [5.41, 5.74) is 0. The van der Waals surface area contributed by atoms with E-state index in [2.05, 4.69) is 4.90 Å². The number of alkyl halides is 1. The molecule has 2 heterocycles. The van der Waals surface area contributed by atoms with Crippen LogP contribution in [0.15, 0.2) is 0 Å². The van der Waals surface area contributed by atoms with Crippen LogP contribution in [0.1, 0.15) is 12.8 Å². The highest BCUT2D eigenvalue weighted by molar-refractivity contribution is 4.81. The van der Waals surface area contributed by atoms with E-state index in [0.717, 1.165) is 19.8 Å². The Labute approximate surface area is 72.7 Å². The van der Waals surface area contributed by atoms with Crippen molar-refractivity contribution in [3.8, 4) is 0 Å². The van der Waals surface area contributed by atoms with Crippen molar-refractivity contribution in [2.45, 2.75) is 19.0 Å². The molecule has 2 fully saturated rings. The second-order valence-electron chi connectivity index (χ2n) is 3.90. The van der Waals surface area contributed by atoms with E-state index in [1.54, 1.807) is 0 Å². The van der Waals surface area contributed by atoms with E-state index in [9.17, 15) is 4.39 Å². The first kappa shape index (κ1) is 8.45. The van der Waals surface area contributed by atoms with Gasteiger partial charge in [0.25, 0.3) is 0 Å². The van der Waals surface area contributed by atoms with Gasteiger partial charge in [-0.25, -0.2) is 4.39 Å². The molecule has 0 aromatic rings. The fourth-order valence-corrected chi connectivity index (χ4v) is 1.97. The molecule has 0 amide bonds. The standard InChI is InChI=1S/C9H16FNO/c10-9-5-11(6-9)4-8-2-1-3-12-7-8/h8-9H,1-7H2. The molecule has 1 unspecified atom stereocenters. The summed E-state index contributed by atoms with van der Waals surface area (Å²) in [7, 11) is 0. The molecule has 0 saturated carbocycles. The van der Waals surface area contributed by atoms with Crippen LogP contribution in [-0.2, 0) is 4.74 Å². The third kappa shape index (κ3) is 1.96. The lowest BCUT2D eigenvalue weighted by Gasteiger charge is -2.37. The molecular weight excluding hydrogens is 157 g/mol. The average molecular weight is 173 g/mol. The summed E-state index contributed by atoms with van der Waals surface area (Å²) in [6, 6.07) is 0. The lowest BCUT2D eigenvalue weighted by atomic mass is 10.00. The molecule has 0 radical (unpaired) electrons. The van der Waals surface area contributed by atoms with Crippen LogP contribution in [0.3, 0.4) is 0 Å². The molecule has 2 aliphatic heterocycles. The maximum absolute atomic E-state index is 12.4. The molecule has 2 saturated heterocycles. The molecule has 1 atom stereocenters. The van der Waals surface area contributed by atoms with Gasteiger partial charge in [0, 0.05) is 26.2 Å². The van der Waals surface area contributed by atoms with Crippen LogP contribution in [0.2, 0.25) is 0 Å². The quantitative estimate of drug-likeness (QED) is 0.619. The second kappa shape index (κ2) is 3.71. The molecule has 0 N–H and O–H groups in total. The maximum atomic E-state index is 12.4. The predicted octanol–water partition coefficient (Wildman–Crippen LogP) is 1.07. The first-order valence-corrected chi connectivity index (χ1v) is 4.79. The van der Waals surface area contributed by atoms with E-state index in [0.29, 0.717) is 19.0 Å². The Morgan fingerprint density at radius 2 is 2.25 bits per heavy atom. The van der Waals surface area contributed by atoms with Gasteiger partial charge in [0.15, 0.2) is 0 Å². The monoisotopic (exact) mass is 173 g/mol. The highest BCUT2D eigenvalue weighted by atomic mass is 19.1. The number of likely N-dealkylation sites (tertiary alicyclic amines) is 1. The highest BCUT2D eigenvalue weighted by Crippen LogP contribution is 2.19. The van der Waals surface area contributed by atoms with Crippen molar-refractivity contribution in [2.75, 3.05) is 32.8 Å². The minimum atomic E-state index is -0.561. The van der Waals surface area contributed by atoms with Crippen molar-refractivity contribution >= 4 is 0 Å². The summed E-state index contributed by atoms with van der Waals surface area (Å²) < 4.78 is 17.8. The lowest BCUT2D eigenvalue weighted by Crippen LogP contribution is -2.50. The molecule has 0 aromatic heterocycles. The van der Waals surface area contributed by atoms with Crippen molar-refractivity contribution in [2.24, 2.45) is 5.92 Å². The number of nitrogens with zero attached hydrogens (tertiary/aromatic N) is 1. The largest absolute Gasteiger partial charge is 0.381 e. The zero-order valence-corrected chi connectivity index (χ0v) is 7.34. The summed E-state index contributed by atoms with van der Waals surface area (Å²) >= 11 is 0. The fraction of sp³-hybridized carbons (Fsp3) is 1.00. The summed E-state index contributed by atoms with van der Waals surface area (Å²) in [6.45, 7) is 4.14. The Kier molecular flexibility index (Phi) is 2.61. The molecule has 3 heteroatoms. The molecule has 2 rings (SSSR count). The predicted molar refractivity (Wildman–Crippen MR) is 44.9 cm³/mol. The van der Waals surface area contributed by atoms with Crippen LogP contribution in [0.5, 0.6) is 0 Å². The van der Waals surface area contributed by atoms with Gasteiger partial charge in [0.1, 0.15) is 6.17 Å². The molecule has 0 bridgehead atoms. The Morgan fingerprint density at radius 1 is 1.42 bits per heavy atom. The van der Waals surface area contributed by atoms with Gasteiger partial charge in [-0.1, -0.05) is 0 Å². The van der Waals surface area contributed by atoms with E-state index in [1.807, 2.05) is 0 Å². The highest BCUT2D eigenvalue weighted by Gasteiger charge is 2.28. The summed E-state index contributed by atoms with van der Waals surface area (Å²) in [6.07, 6.45) is 1.87. The van der Waals surface area contributed by atoms with Crippen molar-refractivity contribution in [3.05, 3.63) is 0 Å². The van der Waals surface area contributed by atoms with Gasteiger partial charge in [-0.05, 0) is 18.8 Å². The zero-order valence-electron chi connectivity index (χ0n) is 7.34. The molecule has 0 aromatic carbocycles. The number of hydrogen-bond donors (Lipinski definition) is 0. The third-order valence-electron chi connectivity index (χ3n) is 2.68. The average Bonchev–Trinajstić information content (AvgIpc) is 2.04. The summed E-state index contributed by atoms with van der Waals surface area (Å²) in [5.74, 6) is 0.659. The smallest absolute Gasteiger partial charge is 0.125 e. The molecule has 0 spiro atoms. The van der Waals surface area contributed by atoms with Gasteiger partial charge in [-0.2, -0.15) is 0 Å². The topological polar surface area (TPSA) is 12.5 Å². The number of ether oxygens (including phenoxy) is 1. The minimum Gasteiger partial charge on any atom is -0.381 e. The number of hydrogen-bond acceptors (Lipinski definition) is 2. The fourth-order valence-electron chi connectivity index (χ4n) is 1.97. The van der Waals surface area contributed by atoms with Gasteiger partial charge in [0.2, 0.25) is 0 Å². The summed E-state index contributed by atoms with van der Waals surface area (Å²) in [4.78, 5) is 2.18. The number of halogens is 1. The molecule has 70 valence electrons. The van der Waals surface area contributed by atoms with Crippen LogP contribution in [0, 0.1) is 5.92 Å². The van der Waals surface area contributed by atoms with Crippen LogP contribution in [-0.4, -0.2) is 43.9 Å². The van der Waals surface area contributed by atoms with E-state index in [4.69, 9.17) is 4.74 Å². The van der Waals surface area contributed by atoms with E-state index in [-0.39, 0.29) is 0 Å². The van der Waals surface area contributed by atoms with Crippen molar-refractivity contribution in [1.82, 2.24) is 4.90 Å². The molecule has 2 nitrogen and oxygen atoms in total. The van der Waals surface area contributed by atoms with Crippen LogP contribution < -0.4 is 0 Å². The van der Waals surface area contributed by atoms with Gasteiger partial charge in [-0.3, -0.25) is 4.90 Å². The lowest BCUT2D eigenvalue weighted by molar-refractivity contribution is 0.00303. The van der Waals surface area contributed by atoms with Gasteiger partial charge >= 0.3 is 0 Å². The van der Waals surface area contributed by atoms with E-state index in [1.165, 1.54) is 12.8 Å². The molecule has 0 aliphatic carbocycles. The van der Waals surface area contributed by atoms with Crippen LogP contribution >= 0.6 is 0 Å². The Balaban J connectivity index is 1.65. The van der Waals surface area contributed by atoms with Crippen molar-refractivity contribution in [3.63, 3.8) is 0 Å². The van der Waals surface area contributed by atoms with Crippen molar-refractivity contribution in [1.29, 1.82) is 0 Å². The first-order valence-electron chi connectivity index (χ1n) is 4.79. The maximum Gasteiger partial charge on any atom is 0.125 e. The number of rotatable bonds is 2. The first-order chi connectivity index (χ1) is 5.84. The summed E-state index contributed by atoms with van der Waals surface area (Å²) in [5, 5.41) is 0. The Hall–Kier alpha value is -0.150. The van der Waals surface area contributed by atoms with Crippen LogP contribution in [0.25, 0.3) is 0 Å². The van der Waals surface area contributed by atoms with Crippen LogP contribution in [0.4, 0.5) is 4.39 Å².